The highest BCUT2D eigenvalue weighted by Crippen LogP contribution is 2.09. The lowest BCUT2D eigenvalue weighted by atomic mass is 10.1. The molecular formula is C12H16FNO4S. The lowest BCUT2D eigenvalue weighted by Gasteiger charge is -2.17. The smallest absolute Gasteiger partial charge is 0.321 e. The molecule has 106 valence electrons. The summed E-state index contributed by atoms with van der Waals surface area (Å²) in [5.74, 6) is -2.44. The molecule has 0 saturated heterocycles. The fourth-order valence-electron chi connectivity index (χ4n) is 1.51. The third-order valence-corrected chi connectivity index (χ3v) is 3.84. The van der Waals surface area contributed by atoms with Crippen LogP contribution in [0.3, 0.4) is 0 Å². The first-order chi connectivity index (χ1) is 8.71. The number of hydrogen-bond acceptors (Lipinski definition) is 3. The third kappa shape index (κ3) is 4.96. The number of rotatable bonds is 6. The minimum absolute atomic E-state index is 0.375. The lowest BCUT2D eigenvalue weighted by Crippen LogP contribution is -2.44. The minimum Gasteiger partial charge on any atom is -0.480 e. The number of carboxylic acid groups (broad SMARTS) is 1. The first kappa shape index (κ1) is 15.6. The zero-order valence-electron chi connectivity index (χ0n) is 10.6. The molecule has 0 aromatic heterocycles. The molecule has 0 heterocycles. The molecule has 1 atom stereocenters. The summed E-state index contributed by atoms with van der Waals surface area (Å²) < 4.78 is 38.5. The van der Waals surface area contributed by atoms with E-state index in [4.69, 9.17) is 5.11 Å². The predicted octanol–water partition coefficient (Wildman–Crippen LogP) is 1.35. The summed E-state index contributed by atoms with van der Waals surface area (Å²) in [5, 5.41) is 8.93. The average Bonchev–Trinajstić information content (AvgIpc) is 2.28. The van der Waals surface area contributed by atoms with Crippen LogP contribution in [0.2, 0.25) is 0 Å². The summed E-state index contributed by atoms with van der Waals surface area (Å²) in [6.45, 7) is 3.22. The van der Waals surface area contributed by atoms with Gasteiger partial charge in [0.2, 0.25) is 10.0 Å². The Labute approximate surface area is 111 Å². The van der Waals surface area contributed by atoms with Crippen LogP contribution in [0.25, 0.3) is 0 Å². The molecular weight excluding hydrogens is 273 g/mol. The molecule has 1 unspecified atom stereocenters. The molecule has 0 bridgehead atoms. The predicted molar refractivity (Wildman–Crippen MR) is 68.4 cm³/mol. The van der Waals surface area contributed by atoms with Crippen molar-refractivity contribution in [3.63, 3.8) is 0 Å². The molecule has 19 heavy (non-hydrogen) atoms. The van der Waals surface area contributed by atoms with Crippen LogP contribution >= 0.6 is 0 Å². The Morgan fingerprint density at radius 2 is 1.84 bits per heavy atom. The molecule has 0 spiro atoms. The number of halogens is 1. The number of benzene rings is 1. The van der Waals surface area contributed by atoms with Gasteiger partial charge in [-0.1, -0.05) is 26.0 Å². The summed E-state index contributed by atoms with van der Waals surface area (Å²) >= 11 is 0. The molecule has 0 aliphatic heterocycles. The normalized spacial score (nSPS) is 13.5. The molecule has 1 aromatic rings. The highest BCUT2D eigenvalue weighted by atomic mass is 32.2. The van der Waals surface area contributed by atoms with Gasteiger partial charge in [0.05, 0.1) is 5.75 Å². The van der Waals surface area contributed by atoms with Gasteiger partial charge in [-0.2, -0.15) is 0 Å². The van der Waals surface area contributed by atoms with Gasteiger partial charge in [-0.15, -0.1) is 0 Å². The molecule has 1 rings (SSSR count). The molecule has 7 heteroatoms. The highest BCUT2D eigenvalue weighted by molar-refractivity contribution is 7.88. The van der Waals surface area contributed by atoms with Gasteiger partial charge >= 0.3 is 5.97 Å². The minimum atomic E-state index is -3.79. The van der Waals surface area contributed by atoms with Gasteiger partial charge in [0.1, 0.15) is 11.9 Å². The fourth-order valence-corrected chi connectivity index (χ4v) is 2.98. The van der Waals surface area contributed by atoms with Crippen LogP contribution in [0, 0.1) is 11.7 Å². The average molecular weight is 289 g/mol. The van der Waals surface area contributed by atoms with Crippen LogP contribution in [0.15, 0.2) is 24.3 Å². The molecule has 1 aromatic carbocycles. The van der Waals surface area contributed by atoms with E-state index in [2.05, 4.69) is 4.72 Å². The van der Waals surface area contributed by atoms with E-state index in [-0.39, 0.29) is 11.7 Å². The summed E-state index contributed by atoms with van der Waals surface area (Å²) in [6, 6.07) is 3.83. The Morgan fingerprint density at radius 1 is 1.32 bits per heavy atom. The van der Waals surface area contributed by atoms with E-state index in [1.807, 2.05) is 0 Å². The first-order valence-electron chi connectivity index (χ1n) is 5.68. The second-order valence-electron chi connectivity index (χ2n) is 4.56. The van der Waals surface area contributed by atoms with Crippen molar-refractivity contribution in [2.24, 2.45) is 5.92 Å². The molecule has 0 fully saturated rings. The summed E-state index contributed by atoms with van der Waals surface area (Å²) in [4.78, 5) is 10.9. The van der Waals surface area contributed by atoms with Crippen molar-refractivity contribution in [1.82, 2.24) is 4.72 Å². The van der Waals surface area contributed by atoms with Gasteiger partial charge in [-0.3, -0.25) is 4.79 Å². The Balaban J connectivity index is 2.81. The molecule has 0 aliphatic rings. The van der Waals surface area contributed by atoms with Crippen molar-refractivity contribution in [3.8, 4) is 0 Å². The van der Waals surface area contributed by atoms with Gasteiger partial charge in [-0.05, 0) is 23.6 Å². The van der Waals surface area contributed by atoms with E-state index in [9.17, 15) is 17.6 Å². The lowest BCUT2D eigenvalue weighted by molar-refractivity contribution is -0.140. The first-order valence-corrected chi connectivity index (χ1v) is 7.34. The van der Waals surface area contributed by atoms with E-state index in [0.29, 0.717) is 5.56 Å². The largest absolute Gasteiger partial charge is 0.480 e. The van der Waals surface area contributed by atoms with Gasteiger partial charge in [0.25, 0.3) is 0 Å². The SMILES string of the molecule is CC(C)C(NS(=O)(=O)Cc1ccc(F)cc1)C(=O)O. The number of carboxylic acids is 1. The number of hydrogen-bond donors (Lipinski definition) is 2. The van der Waals surface area contributed by atoms with Gasteiger partial charge < -0.3 is 5.11 Å². The van der Waals surface area contributed by atoms with Crippen LogP contribution < -0.4 is 4.72 Å². The van der Waals surface area contributed by atoms with Crippen molar-refractivity contribution >= 4 is 16.0 Å². The zero-order valence-corrected chi connectivity index (χ0v) is 11.4. The van der Waals surface area contributed by atoms with Crippen LogP contribution in [0.5, 0.6) is 0 Å². The van der Waals surface area contributed by atoms with Gasteiger partial charge in [-0.25, -0.2) is 17.5 Å². The Hall–Kier alpha value is -1.47. The maximum atomic E-state index is 12.7. The second-order valence-corrected chi connectivity index (χ2v) is 6.32. The number of sulfonamides is 1. The van der Waals surface area contributed by atoms with E-state index >= 15 is 0 Å². The quantitative estimate of drug-likeness (QED) is 0.828. The molecule has 0 aliphatic carbocycles. The van der Waals surface area contributed by atoms with Crippen LogP contribution in [-0.2, 0) is 20.6 Å². The van der Waals surface area contributed by atoms with E-state index < -0.39 is 27.9 Å². The van der Waals surface area contributed by atoms with Gasteiger partial charge in [0, 0.05) is 0 Å². The Morgan fingerprint density at radius 3 is 2.26 bits per heavy atom. The second kappa shape index (κ2) is 6.12. The Kier molecular flexibility index (Phi) is 5.02. The third-order valence-electron chi connectivity index (χ3n) is 2.51. The van der Waals surface area contributed by atoms with Crippen molar-refractivity contribution < 1.29 is 22.7 Å². The summed E-state index contributed by atoms with van der Waals surface area (Å²) in [6.07, 6.45) is 0. The molecule has 5 nitrogen and oxygen atoms in total. The van der Waals surface area contributed by atoms with E-state index in [1.165, 1.54) is 12.1 Å². The fraction of sp³-hybridized carbons (Fsp3) is 0.417. The van der Waals surface area contributed by atoms with Crippen molar-refractivity contribution in [3.05, 3.63) is 35.6 Å². The van der Waals surface area contributed by atoms with E-state index in [0.717, 1.165) is 12.1 Å². The standard InChI is InChI=1S/C12H16FNO4S/c1-8(2)11(12(15)16)14-19(17,18)7-9-3-5-10(13)6-4-9/h3-6,8,11,14H,7H2,1-2H3,(H,15,16). The monoisotopic (exact) mass is 289 g/mol. The molecule has 2 N–H and O–H groups in total. The van der Waals surface area contributed by atoms with Crippen molar-refractivity contribution in [2.45, 2.75) is 25.6 Å². The number of nitrogens with one attached hydrogen (secondary N) is 1. The summed E-state index contributed by atoms with van der Waals surface area (Å²) in [7, 11) is -3.79. The number of aliphatic carboxylic acids is 1. The van der Waals surface area contributed by atoms with Crippen LogP contribution in [0.4, 0.5) is 4.39 Å². The maximum absolute atomic E-state index is 12.7. The number of carbonyl (C=O) groups is 1. The maximum Gasteiger partial charge on any atom is 0.321 e. The zero-order chi connectivity index (χ0) is 14.6. The molecule has 0 amide bonds. The molecule has 0 radical (unpaired) electrons. The van der Waals surface area contributed by atoms with E-state index in [1.54, 1.807) is 13.8 Å². The van der Waals surface area contributed by atoms with Crippen molar-refractivity contribution in [1.29, 1.82) is 0 Å². The van der Waals surface area contributed by atoms with Crippen LogP contribution in [-0.4, -0.2) is 25.5 Å². The Bertz CT molecular complexity index is 539. The summed E-state index contributed by atoms with van der Waals surface area (Å²) in [5.41, 5.74) is 0.391. The highest BCUT2D eigenvalue weighted by Gasteiger charge is 2.26. The van der Waals surface area contributed by atoms with Crippen LogP contribution in [0.1, 0.15) is 19.4 Å². The van der Waals surface area contributed by atoms with Crippen molar-refractivity contribution in [2.75, 3.05) is 0 Å². The topological polar surface area (TPSA) is 83.5 Å². The van der Waals surface area contributed by atoms with Gasteiger partial charge in [0.15, 0.2) is 0 Å². The molecule has 0 saturated carbocycles.